The Morgan fingerprint density at radius 3 is 2.77 bits per heavy atom. The molecule has 5 nitrogen and oxygen atoms in total. The predicted molar refractivity (Wildman–Crippen MR) is 50.0 cm³/mol. The third-order valence-electron chi connectivity index (χ3n) is 1.25. The molecule has 0 fully saturated rings. The quantitative estimate of drug-likeness (QED) is 0.744. The Bertz CT molecular complexity index is 283. The SMILES string of the molecule is OCCCNc1nc(Cl)nnc1Cl. The van der Waals surface area contributed by atoms with Crippen molar-refractivity contribution in [3.63, 3.8) is 0 Å². The molecule has 1 rings (SSSR count). The molecule has 0 aliphatic rings. The van der Waals surface area contributed by atoms with Crippen LogP contribution in [0.15, 0.2) is 0 Å². The third kappa shape index (κ3) is 3.30. The molecular weight excluding hydrogens is 215 g/mol. The number of aromatic nitrogens is 3. The lowest BCUT2D eigenvalue weighted by Crippen LogP contribution is -2.07. The van der Waals surface area contributed by atoms with Gasteiger partial charge in [0.2, 0.25) is 5.28 Å². The molecule has 0 spiro atoms. The number of halogens is 2. The van der Waals surface area contributed by atoms with Gasteiger partial charge in [-0.2, -0.15) is 4.98 Å². The summed E-state index contributed by atoms with van der Waals surface area (Å²) in [6.07, 6.45) is 0.609. The fraction of sp³-hybridized carbons (Fsp3) is 0.500. The minimum atomic E-state index is 0.0379. The number of nitrogens with zero attached hydrogens (tertiary/aromatic N) is 3. The molecule has 1 aromatic heterocycles. The lowest BCUT2D eigenvalue weighted by Gasteiger charge is -2.04. The highest BCUT2D eigenvalue weighted by Crippen LogP contribution is 2.15. The summed E-state index contributed by atoms with van der Waals surface area (Å²) in [7, 11) is 0. The van der Waals surface area contributed by atoms with E-state index in [1.807, 2.05) is 0 Å². The van der Waals surface area contributed by atoms with Gasteiger partial charge in [-0.1, -0.05) is 11.6 Å². The highest BCUT2D eigenvalue weighted by atomic mass is 35.5. The molecule has 0 saturated carbocycles. The Morgan fingerprint density at radius 1 is 1.31 bits per heavy atom. The van der Waals surface area contributed by atoms with Crippen LogP contribution in [0.4, 0.5) is 5.82 Å². The van der Waals surface area contributed by atoms with Gasteiger partial charge in [-0.05, 0) is 18.0 Å². The number of anilines is 1. The van der Waals surface area contributed by atoms with E-state index in [-0.39, 0.29) is 17.0 Å². The maximum Gasteiger partial charge on any atom is 0.245 e. The Balaban J connectivity index is 2.59. The fourth-order valence-corrected chi connectivity index (χ4v) is 0.961. The van der Waals surface area contributed by atoms with Crippen molar-refractivity contribution in [3.8, 4) is 0 Å². The zero-order chi connectivity index (χ0) is 9.68. The average molecular weight is 223 g/mol. The predicted octanol–water partition coefficient (Wildman–Crippen LogP) is 0.973. The minimum Gasteiger partial charge on any atom is -0.396 e. The van der Waals surface area contributed by atoms with E-state index in [4.69, 9.17) is 28.3 Å². The maximum absolute atomic E-state index is 8.52. The Hall–Kier alpha value is -0.650. The summed E-state index contributed by atoms with van der Waals surface area (Å²) in [5.74, 6) is 0.384. The lowest BCUT2D eigenvalue weighted by molar-refractivity contribution is 0.292. The molecule has 0 saturated heterocycles. The molecule has 0 aliphatic carbocycles. The number of aliphatic hydroxyl groups excluding tert-OH is 1. The summed E-state index contributed by atoms with van der Waals surface area (Å²) < 4.78 is 0. The normalized spacial score (nSPS) is 10.1. The van der Waals surface area contributed by atoms with Crippen molar-refractivity contribution in [2.45, 2.75) is 6.42 Å². The van der Waals surface area contributed by atoms with E-state index in [9.17, 15) is 0 Å². The van der Waals surface area contributed by atoms with Crippen molar-refractivity contribution in [1.82, 2.24) is 15.2 Å². The summed E-state index contributed by atoms with van der Waals surface area (Å²) in [5, 5.41) is 18.6. The van der Waals surface area contributed by atoms with Crippen LogP contribution in [0.3, 0.4) is 0 Å². The van der Waals surface area contributed by atoms with E-state index in [1.165, 1.54) is 0 Å². The van der Waals surface area contributed by atoms with Gasteiger partial charge in [-0.15, -0.1) is 10.2 Å². The fourth-order valence-electron chi connectivity index (χ4n) is 0.692. The molecule has 13 heavy (non-hydrogen) atoms. The highest BCUT2D eigenvalue weighted by molar-refractivity contribution is 6.32. The molecule has 72 valence electrons. The van der Waals surface area contributed by atoms with Crippen LogP contribution in [-0.4, -0.2) is 33.4 Å². The molecule has 0 aromatic carbocycles. The van der Waals surface area contributed by atoms with E-state index in [0.717, 1.165) is 0 Å². The minimum absolute atomic E-state index is 0.0379. The monoisotopic (exact) mass is 222 g/mol. The Labute approximate surface area is 85.1 Å². The molecule has 0 radical (unpaired) electrons. The van der Waals surface area contributed by atoms with Crippen LogP contribution in [0.5, 0.6) is 0 Å². The first-order valence-electron chi connectivity index (χ1n) is 3.64. The van der Waals surface area contributed by atoms with Crippen LogP contribution >= 0.6 is 23.2 Å². The molecule has 0 unspecified atom stereocenters. The Kier molecular flexibility index (Phi) is 4.14. The van der Waals surface area contributed by atoms with Crippen molar-refractivity contribution < 1.29 is 5.11 Å². The van der Waals surface area contributed by atoms with Gasteiger partial charge in [0.05, 0.1) is 0 Å². The maximum atomic E-state index is 8.52. The van der Waals surface area contributed by atoms with Crippen LogP contribution in [0, 0.1) is 0 Å². The number of hydrogen-bond acceptors (Lipinski definition) is 5. The highest BCUT2D eigenvalue weighted by Gasteiger charge is 2.04. The van der Waals surface area contributed by atoms with E-state index in [1.54, 1.807) is 0 Å². The van der Waals surface area contributed by atoms with Crippen molar-refractivity contribution in [1.29, 1.82) is 0 Å². The first-order valence-corrected chi connectivity index (χ1v) is 4.40. The van der Waals surface area contributed by atoms with Crippen LogP contribution in [0.2, 0.25) is 10.4 Å². The second-order valence-corrected chi connectivity index (χ2v) is 2.92. The zero-order valence-electron chi connectivity index (χ0n) is 6.67. The van der Waals surface area contributed by atoms with E-state index in [2.05, 4.69) is 20.5 Å². The van der Waals surface area contributed by atoms with Gasteiger partial charge in [0, 0.05) is 13.2 Å². The number of aliphatic hydroxyl groups is 1. The summed E-state index contributed by atoms with van der Waals surface area (Å²) in [6, 6.07) is 0. The van der Waals surface area contributed by atoms with Crippen LogP contribution in [-0.2, 0) is 0 Å². The van der Waals surface area contributed by atoms with Crippen LogP contribution in [0.1, 0.15) is 6.42 Å². The molecule has 0 aliphatic heterocycles. The molecule has 0 atom stereocenters. The van der Waals surface area contributed by atoms with Gasteiger partial charge in [0.1, 0.15) is 0 Å². The first kappa shape index (κ1) is 10.4. The number of nitrogens with one attached hydrogen (secondary N) is 1. The van der Waals surface area contributed by atoms with Gasteiger partial charge in [0.15, 0.2) is 11.0 Å². The van der Waals surface area contributed by atoms with Gasteiger partial charge >= 0.3 is 0 Å². The smallest absolute Gasteiger partial charge is 0.245 e. The summed E-state index contributed by atoms with van der Waals surface area (Å²) in [5.41, 5.74) is 0. The number of hydrogen-bond donors (Lipinski definition) is 2. The van der Waals surface area contributed by atoms with Gasteiger partial charge in [-0.3, -0.25) is 0 Å². The summed E-state index contributed by atoms with van der Waals surface area (Å²) >= 11 is 11.2. The molecule has 0 amide bonds. The van der Waals surface area contributed by atoms with E-state index in [0.29, 0.717) is 18.8 Å². The number of rotatable bonds is 4. The standard InChI is InChI=1S/C6H8Cl2N4O/c7-4-5(9-2-1-3-13)10-6(8)12-11-4/h13H,1-3H2,(H,9,10,12). The first-order chi connectivity index (χ1) is 6.24. The average Bonchev–Trinajstić information content (AvgIpc) is 2.11. The van der Waals surface area contributed by atoms with Crippen molar-refractivity contribution in [3.05, 3.63) is 10.4 Å². The van der Waals surface area contributed by atoms with Crippen molar-refractivity contribution in [2.75, 3.05) is 18.5 Å². The second-order valence-electron chi connectivity index (χ2n) is 2.22. The zero-order valence-corrected chi connectivity index (χ0v) is 8.18. The Morgan fingerprint density at radius 2 is 2.08 bits per heavy atom. The van der Waals surface area contributed by atoms with Gasteiger partial charge in [0.25, 0.3) is 0 Å². The van der Waals surface area contributed by atoms with E-state index >= 15 is 0 Å². The third-order valence-corrected chi connectivity index (χ3v) is 1.66. The molecule has 2 N–H and O–H groups in total. The van der Waals surface area contributed by atoms with Crippen LogP contribution < -0.4 is 5.32 Å². The summed E-state index contributed by atoms with van der Waals surface area (Å²) in [6.45, 7) is 0.669. The molecular formula is C6H8Cl2N4O. The topological polar surface area (TPSA) is 70.9 Å². The van der Waals surface area contributed by atoms with Gasteiger partial charge < -0.3 is 10.4 Å². The van der Waals surface area contributed by atoms with Gasteiger partial charge in [-0.25, -0.2) is 0 Å². The van der Waals surface area contributed by atoms with E-state index < -0.39 is 0 Å². The second kappa shape index (κ2) is 5.16. The largest absolute Gasteiger partial charge is 0.396 e. The molecule has 0 bridgehead atoms. The summed E-state index contributed by atoms with van der Waals surface area (Å²) in [4.78, 5) is 3.81. The molecule has 7 heteroatoms. The van der Waals surface area contributed by atoms with Crippen molar-refractivity contribution in [2.24, 2.45) is 0 Å². The lowest BCUT2D eigenvalue weighted by atomic mass is 10.4. The molecule has 1 aromatic rings. The molecule has 1 heterocycles. The van der Waals surface area contributed by atoms with Crippen molar-refractivity contribution >= 4 is 29.0 Å². The van der Waals surface area contributed by atoms with Crippen LogP contribution in [0.25, 0.3) is 0 Å².